The fourth-order valence-corrected chi connectivity index (χ4v) is 8.39. The maximum absolute atomic E-state index is 6.67. The van der Waals surface area contributed by atoms with Crippen molar-refractivity contribution in [3.63, 3.8) is 0 Å². The van der Waals surface area contributed by atoms with Crippen molar-refractivity contribution in [2.45, 2.75) is 18.8 Å². The minimum Gasteiger partial charge on any atom is -0.457 e. The summed E-state index contributed by atoms with van der Waals surface area (Å²) in [6.07, 6.45) is 19.9. The maximum atomic E-state index is 6.67. The Hall–Kier alpha value is -6.64. The second-order valence-corrected chi connectivity index (χ2v) is 13.6. The Bertz CT molecular complexity index is 2480. The molecule has 2 heteroatoms. The molecule has 0 saturated heterocycles. The third-order valence-corrected chi connectivity index (χ3v) is 10.7. The van der Waals surface area contributed by atoms with Crippen molar-refractivity contribution in [1.29, 1.82) is 0 Å². The zero-order chi connectivity index (χ0) is 35.8. The number of allylic oxidation sites excluding steroid dienone is 11. The molecule has 53 heavy (non-hydrogen) atoms. The van der Waals surface area contributed by atoms with Crippen LogP contribution in [0.25, 0.3) is 22.3 Å². The van der Waals surface area contributed by atoms with Gasteiger partial charge in [-0.3, -0.25) is 0 Å². The largest absolute Gasteiger partial charge is 0.457 e. The Morgan fingerprint density at radius 1 is 0.679 bits per heavy atom. The van der Waals surface area contributed by atoms with E-state index in [9.17, 15) is 0 Å². The van der Waals surface area contributed by atoms with E-state index in [4.69, 9.17) is 4.74 Å². The summed E-state index contributed by atoms with van der Waals surface area (Å²) < 4.78 is 6.67. The van der Waals surface area contributed by atoms with E-state index in [1.807, 2.05) is 19.1 Å². The van der Waals surface area contributed by atoms with Crippen LogP contribution in [0.3, 0.4) is 0 Å². The second-order valence-electron chi connectivity index (χ2n) is 13.6. The molecule has 0 aromatic heterocycles. The maximum Gasteiger partial charge on any atom is 0.132 e. The Morgan fingerprint density at radius 2 is 1.32 bits per heavy atom. The fraction of sp³-hybridized carbons (Fsp3) is 0.0588. The van der Waals surface area contributed by atoms with E-state index in [1.165, 1.54) is 33.4 Å². The number of rotatable bonds is 7. The first-order chi connectivity index (χ1) is 26.2. The van der Waals surface area contributed by atoms with Crippen molar-refractivity contribution in [2.24, 2.45) is 0 Å². The monoisotopic (exact) mass is 681 g/mol. The molecule has 2 aliphatic carbocycles. The van der Waals surface area contributed by atoms with Crippen LogP contribution >= 0.6 is 0 Å². The Balaban J connectivity index is 1.31. The zero-order valence-electron chi connectivity index (χ0n) is 29.7. The number of nitrogens with zero attached hydrogens (tertiary/aromatic N) is 1. The van der Waals surface area contributed by atoms with Gasteiger partial charge in [0.15, 0.2) is 0 Å². The molecule has 9 rings (SSSR count). The summed E-state index contributed by atoms with van der Waals surface area (Å²) in [6.45, 7) is 6.13. The van der Waals surface area contributed by atoms with E-state index in [1.54, 1.807) is 0 Å². The minimum atomic E-state index is -0.611. The quantitative estimate of drug-likeness (QED) is 0.155. The van der Waals surface area contributed by atoms with Gasteiger partial charge in [-0.15, -0.1) is 0 Å². The Kier molecular flexibility index (Phi) is 8.21. The number of ether oxygens (including phenoxy) is 1. The summed E-state index contributed by atoms with van der Waals surface area (Å²) in [5, 5.41) is 0. The molecule has 1 heterocycles. The smallest absolute Gasteiger partial charge is 0.132 e. The normalized spacial score (nSPS) is 14.8. The highest BCUT2D eigenvalue weighted by Crippen LogP contribution is 2.64. The van der Waals surface area contributed by atoms with Crippen LogP contribution in [0.5, 0.6) is 11.5 Å². The van der Waals surface area contributed by atoms with Crippen LogP contribution in [0.15, 0.2) is 201 Å². The lowest BCUT2D eigenvalue weighted by molar-refractivity contribution is 0.436. The first-order valence-electron chi connectivity index (χ1n) is 18.3. The lowest BCUT2D eigenvalue weighted by Crippen LogP contribution is -2.33. The summed E-state index contributed by atoms with van der Waals surface area (Å²) in [6, 6.07) is 50.7. The van der Waals surface area contributed by atoms with Gasteiger partial charge >= 0.3 is 0 Å². The first-order valence-corrected chi connectivity index (χ1v) is 18.3. The highest BCUT2D eigenvalue weighted by molar-refractivity contribution is 5.96. The number of anilines is 3. The molecule has 0 saturated carbocycles. The minimum absolute atomic E-state index is 0.611. The Morgan fingerprint density at radius 3 is 2.02 bits per heavy atom. The average Bonchev–Trinajstić information content (AvgIpc) is 3.32. The van der Waals surface area contributed by atoms with Crippen molar-refractivity contribution < 1.29 is 4.74 Å². The van der Waals surface area contributed by atoms with Gasteiger partial charge in [-0.05, 0) is 94.8 Å². The molecule has 0 radical (unpaired) electrons. The van der Waals surface area contributed by atoms with Gasteiger partial charge in [-0.2, -0.15) is 0 Å². The molecule has 3 aliphatic rings. The van der Waals surface area contributed by atoms with Crippen LogP contribution in [0.1, 0.15) is 46.7 Å². The number of fused-ring (bicyclic) bond motifs is 9. The molecule has 0 fully saturated rings. The van der Waals surface area contributed by atoms with E-state index < -0.39 is 5.41 Å². The van der Waals surface area contributed by atoms with Gasteiger partial charge in [0.1, 0.15) is 11.5 Å². The van der Waals surface area contributed by atoms with Crippen LogP contribution in [0.2, 0.25) is 0 Å². The van der Waals surface area contributed by atoms with Crippen LogP contribution in [-0.4, -0.2) is 0 Å². The molecule has 1 aliphatic heterocycles. The molecule has 0 atom stereocenters. The number of hydrogen-bond donors (Lipinski definition) is 0. The summed E-state index contributed by atoms with van der Waals surface area (Å²) in [4.78, 5) is 2.43. The van der Waals surface area contributed by atoms with Gasteiger partial charge < -0.3 is 9.64 Å². The number of hydrogen-bond acceptors (Lipinski definition) is 2. The van der Waals surface area contributed by atoms with Crippen molar-refractivity contribution in [3.8, 4) is 22.6 Å². The van der Waals surface area contributed by atoms with Crippen LogP contribution < -0.4 is 9.64 Å². The van der Waals surface area contributed by atoms with Gasteiger partial charge in [0.05, 0.1) is 11.1 Å². The van der Waals surface area contributed by atoms with E-state index in [-0.39, 0.29) is 0 Å². The predicted molar refractivity (Wildman–Crippen MR) is 222 cm³/mol. The molecule has 254 valence electrons. The molecule has 1 spiro atoms. The van der Waals surface area contributed by atoms with Crippen molar-refractivity contribution in [1.82, 2.24) is 0 Å². The second kappa shape index (κ2) is 13.5. The molecule has 6 aromatic rings. The summed E-state index contributed by atoms with van der Waals surface area (Å²) >= 11 is 0. The molecule has 0 N–H and O–H groups in total. The molecule has 2 nitrogen and oxygen atoms in total. The summed E-state index contributed by atoms with van der Waals surface area (Å²) in [5.41, 5.74) is 14.6. The first kappa shape index (κ1) is 32.3. The van der Waals surface area contributed by atoms with Crippen LogP contribution in [0, 0.1) is 0 Å². The average molecular weight is 682 g/mol. The molecule has 0 amide bonds. The third kappa shape index (κ3) is 5.26. The fourth-order valence-electron chi connectivity index (χ4n) is 8.39. The van der Waals surface area contributed by atoms with E-state index in [0.717, 1.165) is 57.2 Å². The SMILES string of the molecule is C=C/C(=C\C=C/C)c1ccc(N(c2ccc(C3=CCC=CC=C3)cc2)c2cccc3c2C2(c4ccccc4Oc4ccccc42)c2ccccc2-3)cc1. The molecule has 0 unspecified atom stereocenters. The van der Waals surface area contributed by atoms with Crippen LogP contribution in [0.4, 0.5) is 17.1 Å². The lowest BCUT2D eigenvalue weighted by atomic mass is 9.65. The lowest BCUT2D eigenvalue weighted by Gasteiger charge is -2.41. The Labute approximate surface area is 312 Å². The molecule has 6 aromatic carbocycles. The van der Waals surface area contributed by atoms with E-state index in [2.05, 4.69) is 194 Å². The highest BCUT2D eigenvalue weighted by atomic mass is 16.5. The molecular formula is C51H39NO. The number of para-hydroxylation sites is 2. The van der Waals surface area contributed by atoms with Crippen LogP contribution in [-0.2, 0) is 5.41 Å². The van der Waals surface area contributed by atoms with E-state index >= 15 is 0 Å². The summed E-state index contributed by atoms with van der Waals surface area (Å²) in [5.74, 6) is 1.76. The topological polar surface area (TPSA) is 12.5 Å². The molecular weight excluding hydrogens is 643 g/mol. The highest BCUT2D eigenvalue weighted by Gasteiger charge is 2.52. The van der Waals surface area contributed by atoms with Crippen molar-refractivity contribution in [3.05, 3.63) is 234 Å². The standard InChI is InChI=1S/C51H39NO/c1-3-5-17-36(4-2)38-28-32-40(33-29-38)52(41-34-30-39(31-35-41)37-18-8-6-7-9-19-37)47-25-16-21-43-42-20-10-11-22-44(42)51(50(43)47)45-23-12-14-26-48(45)53-49-27-15-13-24-46(49)51/h3-8,10-35H,2,9H2,1H3/b5-3-,36-17+. The van der Waals surface area contributed by atoms with E-state index in [0.29, 0.717) is 0 Å². The molecule has 0 bridgehead atoms. The zero-order valence-corrected chi connectivity index (χ0v) is 29.7. The van der Waals surface area contributed by atoms with Crippen molar-refractivity contribution in [2.75, 3.05) is 4.90 Å². The van der Waals surface area contributed by atoms with Gasteiger partial charge in [0, 0.05) is 28.1 Å². The van der Waals surface area contributed by atoms with Gasteiger partial charge in [0.2, 0.25) is 0 Å². The third-order valence-electron chi connectivity index (χ3n) is 10.7. The summed E-state index contributed by atoms with van der Waals surface area (Å²) in [7, 11) is 0. The predicted octanol–water partition coefficient (Wildman–Crippen LogP) is 13.7. The number of benzene rings is 6. The van der Waals surface area contributed by atoms with Crippen molar-refractivity contribution >= 4 is 28.2 Å². The van der Waals surface area contributed by atoms with Gasteiger partial charge in [0.25, 0.3) is 0 Å². The van der Waals surface area contributed by atoms with Gasteiger partial charge in [-0.1, -0.05) is 158 Å². The van der Waals surface area contributed by atoms with Gasteiger partial charge in [-0.25, -0.2) is 0 Å².